The van der Waals surface area contributed by atoms with Crippen molar-refractivity contribution in [3.8, 4) is 0 Å². The van der Waals surface area contributed by atoms with Gasteiger partial charge in [-0.05, 0) is 37.1 Å². The first-order valence-corrected chi connectivity index (χ1v) is 7.27. The number of nitrogens with one attached hydrogen (secondary N) is 1. The lowest BCUT2D eigenvalue weighted by molar-refractivity contribution is -0.475. The molecule has 1 saturated carbocycles. The molecule has 28 heavy (non-hydrogen) atoms. The third-order valence-corrected chi connectivity index (χ3v) is 4.52. The third kappa shape index (κ3) is 2.24. The van der Waals surface area contributed by atoms with Gasteiger partial charge in [0, 0.05) is 5.69 Å². The Labute approximate surface area is 149 Å². The van der Waals surface area contributed by atoms with Crippen LogP contribution >= 0.6 is 0 Å². The fourth-order valence-corrected chi connectivity index (χ4v) is 2.54. The molecule has 1 aliphatic rings. The summed E-state index contributed by atoms with van der Waals surface area (Å²) in [5, 5.41) is 1.05. The molecular formula is C15H10F11NO. The highest BCUT2D eigenvalue weighted by Crippen LogP contribution is 2.69. The van der Waals surface area contributed by atoms with E-state index in [1.165, 1.54) is 19.9 Å². The summed E-state index contributed by atoms with van der Waals surface area (Å²) in [5.41, 5.74) is -6.59. The van der Waals surface area contributed by atoms with E-state index in [4.69, 9.17) is 0 Å². The van der Waals surface area contributed by atoms with Crippen LogP contribution in [0.25, 0.3) is 0 Å². The predicted molar refractivity (Wildman–Crippen MR) is 73.1 cm³/mol. The average molecular weight is 429 g/mol. The molecule has 2 nitrogen and oxygen atoms in total. The van der Waals surface area contributed by atoms with Crippen LogP contribution < -0.4 is 5.32 Å². The summed E-state index contributed by atoms with van der Waals surface area (Å²) in [5.74, 6) is -39.7. The summed E-state index contributed by atoms with van der Waals surface area (Å²) >= 11 is 0. The number of aryl methyl sites for hydroxylation is 2. The van der Waals surface area contributed by atoms with Crippen LogP contribution in [0, 0.1) is 13.8 Å². The smallest absolute Gasteiger partial charge is 0.323 e. The highest BCUT2D eigenvalue weighted by Gasteiger charge is 3.02. The van der Waals surface area contributed by atoms with Crippen molar-refractivity contribution in [2.24, 2.45) is 0 Å². The minimum Gasteiger partial charge on any atom is -0.323 e. The molecule has 1 fully saturated rings. The molecule has 1 N–H and O–H groups in total. The number of amides is 1. The Bertz CT molecular complexity index is 788. The van der Waals surface area contributed by atoms with E-state index in [-0.39, 0.29) is 5.56 Å². The van der Waals surface area contributed by atoms with Crippen LogP contribution in [0.2, 0.25) is 0 Å². The van der Waals surface area contributed by atoms with E-state index in [9.17, 15) is 53.1 Å². The van der Waals surface area contributed by atoms with Gasteiger partial charge in [-0.3, -0.25) is 4.79 Å². The van der Waals surface area contributed by atoms with E-state index < -0.39 is 46.9 Å². The molecule has 2 rings (SSSR count). The van der Waals surface area contributed by atoms with Gasteiger partial charge in [0.1, 0.15) is 0 Å². The van der Waals surface area contributed by atoms with Crippen LogP contribution in [0.1, 0.15) is 11.1 Å². The monoisotopic (exact) mass is 429 g/mol. The normalized spacial score (nSPS) is 25.8. The van der Waals surface area contributed by atoms with Gasteiger partial charge in [-0.15, -0.1) is 0 Å². The van der Waals surface area contributed by atoms with Crippen molar-refractivity contribution in [1.82, 2.24) is 0 Å². The molecular weight excluding hydrogens is 419 g/mol. The Kier molecular flexibility index (Phi) is 4.54. The summed E-state index contributed by atoms with van der Waals surface area (Å²) < 4.78 is 149. The Morgan fingerprint density at radius 2 is 1.07 bits per heavy atom. The van der Waals surface area contributed by atoms with E-state index in [1.807, 2.05) is 0 Å². The zero-order valence-corrected chi connectivity index (χ0v) is 13.8. The molecule has 1 amide bonds. The van der Waals surface area contributed by atoms with Crippen molar-refractivity contribution in [2.45, 2.75) is 49.1 Å². The standard InChI is InChI=1S/C15H10F11NO/c1-6-3-4-8(5-7(6)2)27-9(28)10(16)11(17,18)13(21,22)15(25,26)14(23,24)12(10,19)20/h3-5H,1-2H3,(H,27,28). The van der Waals surface area contributed by atoms with Crippen molar-refractivity contribution in [1.29, 1.82) is 0 Å². The lowest BCUT2D eigenvalue weighted by atomic mass is 9.71. The van der Waals surface area contributed by atoms with Crippen LogP contribution in [0.4, 0.5) is 54.0 Å². The lowest BCUT2D eigenvalue weighted by Crippen LogP contribution is -2.86. The van der Waals surface area contributed by atoms with Crippen molar-refractivity contribution in [3.05, 3.63) is 29.3 Å². The zero-order chi connectivity index (χ0) is 22.1. The van der Waals surface area contributed by atoms with E-state index in [0.717, 1.165) is 17.4 Å². The van der Waals surface area contributed by atoms with Crippen LogP contribution in [0.3, 0.4) is 0 Å². The van der Waals surface area contributed by atoms with Crippen LogP contribution in [-0.4, -0.2) is 41.2 Å². The fraction of sp³-hybridized carbons (Fsp3) is 0.533. The summed E-state index contributed by atoms with van der Waals surface area (Å²) in [7, 11) is 0. The molecule has 1 aromatic rings. The van der Waals surface area contributed by atoms with Crippen molar-refractivity contribution in [2.75, 3.05) is 5.32 Å². The number of hydrogen-bond acceptors (Lipinski definition) is 1. The number of halogens is 11. The fourth-order valence-electron chi connectivity index (χ4n) is 2.54. The van der Waals surface area contributed by atoms with Gasteiger partial charge in [-0.25, -0.2) is 4.39 Å². The Morgan fingerprint density at radius 1 is 0.679 bits per heavy atom. The first-order valence-electron chi connectivity index (χ1n) is 7.27. The van der Waals surface area contributed by atoms with Gasteiger partial charge >= 0.3 is 35.3 Å². The highest BCUT2D eigenvalue weighted by molar-refractivity contribution is 5.99. The third-order valence-electron chi connectivity index (χ3n) is 4.52. The molecule has 0 aromatic heterocycles. The Balaban J connectivity index is 2.67. The Hall–Kier alpha value is -2.08. The molecule has 0 heterocycles. The molecule has 0 unspecified atom stereocenters. The number of rotatable bonds is 2. The zero-order valence-electron chi connectivity index (χ0n) is 13.8. The lowest BCUT2D eigenvalue weighted by Gasteiger charge is -2.51. The Morgan fingerprint density at radius 3 is 1.46 bits per heavy atom. The molecule has 1 aromatic carbocycles. The largest absolute Gasteiger partial charge is 0.384 e. The quantitative estimate of drug-likeness (QED) is 0.649. The van der Waals surface area contributed by atoms with Gasteiger partial charge in [0.25, 0.3) is 5.91 Å². The number of alkyl halides is 11. The molecule has 13 heteroatoms. The molecule has 0 bridgehead atoms. The summed E-state index contributed by atoms with van der Waals surface area (Å²) in [4.78, 5) is 11.7. The number of anilines is 1. The van der Waals surface area contributed by atoms with Gasteiger partial charge in [0.15, 0.2) is 0 Å². The maximum Gasteiger partial charge on any atom is 0.384 e. The minimum atomic E-state index is -7.36. The topological polar surface area (TPSA) is 29.1 Å². The van der Waals surface area contributed by atoms with Crippen LogP contribution in [0.5, 0.6) is 0 Å². The molecule has 0 radical (unpaired) electrons. The van der Waals surface area contributed by atoms with Gasteiger partial charge in [-0.2, -0.15) is 43.9 Å². The van der Waals surface area contributed by atoms with E-state index >= 15 is 0 Å². The van der Waals surface area contributed by atoms with E-state index in [1.54, 1.807) is 0 Å². The van der Waals surface area contributed by atoms with Crippen molar-refractivity contribution < 1.29 is 53.1 Å². The second kappa shape index (κ2) is 5.72. The van der Waals surface area contributed by atoms with E-state index in [0.29, 0.717) is 5.56 Å². The molecule has 158 valence electrons. The summed E-state index contributed by atoms with van der Waals surface area (Å²) in [6.45, 7) is 2.87. The molecule has 0 saturated heterocycles. The number of carbonyl (C=O) groups excluding carboxylic acids is 1. The second-order valence-corrected chi connectivity index (χ2v) is 6.28. The first kappa shape index (κ1) is 22.2. The van der Waals surface area contributed by atoms with Crippen LogP contribution in [-0.2, 0) is 4.79 Å². The molecule has 1 aliphatic carbocycles. The van der Waals surface area contributed by atoms with Gasteiger partial charge < -0.3 is 5.32 Å². The van der Waals surface area contributed by atoms with Crippen LogP contribution in [0.15, 0.2) is 18.2 Å². The van der Waals surface area contributed by atoms with Gasteiger partial charge in [-0.1, -0.05) is 6.07 Å². The molecule has 0 spiro atoms. The molecule has 0 atom stereocenters. The van der Waals surface area contributed by atoms with Crippen molar-refractivity contribution >= 4 is 11.6 Å². The maximum absolute atomic E-state index is 14.5. The molecule has 0 aliphatic heterocycles. The highest BCUT2D eigenvalue weighted by atomic mass is 19.4. The maximum atomic E-state index is 14.5. The summed E-state index contributed by atoms with van der Waals surface area (Å²) in [6.07, 6.45) is 0. The van der Waals surface area contributed by atoms with Gasteiger partial charge in [0.05, 0.1) is 0 Å². The van der Waals surface area contributed by atoms with E-state index in [2.05, 4.69) is 0 Å². The number of benzene rings is 1. The van der Waals surface area contributed by atoms with Crippen molar-refractivity contribution in [3.63, 3.8) is 0 Å². The second-order valence-electron chi connectivity index (χ2n) is 6.28. The number of hydrogen-bond donors (Lipinski definition) is 1. The summed E-state index contributed by atoms with van der Waals surface area (Å²) in [6, 6.07) is 2.92. The first-order chi connectivity index (χ1) is 12.3. The minimum absolute atomic E-state index is 0.287. The predicted octanol–water partition coefficient (Wildman–Crippen LogP) is 5.14. The SMILES string of the molecule is Cc1ccc(NC(=O)C2(F)C(F)(F)C(F)(F)C(F)(F)C(F)(F)C2(F)F)cc1C. The number of carbonyl (C=O) groups is 1. The average Bonchev–Trinajstić information content (AvgIpc) is 2.55. The van der Waals surface area contributed by atoms with Gasteiger partial charge in [0.2, 0.25) is 0 Å².